The van der Waals surface area contributed by atoms with Gasteiger partial charge in [-0.15, -0.1) is 5.43 Å². The SMILES string of the molecule is NC(N)=NCCCCC(N[N+](=O)[O-])C(=O)O. The third-order valence-electron chi connectivity index (χ3n) is 1.75. The molecule has 1 atom stereocenters. The Balaban J connectivity index is 3.81. The molecular formula is C7H15N5O4. The summed E-state index contributed by atoms with van der Waals surface area (Å²) >= 11 is 0. The molecule has 92 valence electrons. The molecule has 0 aliphatic rings. The fourth-order valence-electron chi connectivity index (χ4n) is 1.04. The fourth-order valence-corrected chi connectivity index (χ4v) is 1.04. The van der Waals surface area contributed by atoms with Crippen LogP contribution in [0.5, 0.6) is 0 Å². The molecule has 0 fully saturated rings. The van der Waals surface area contributed by atoms with Crippen molar-refractivity contribution in [2.24, 2.45) is 16.5 Å². The predicted molar refractivity (Wildman–Crippen MR) is 56.1 cm³/mol. The lowest BCUT2D eigenvalue weighted by molar-refractivity contribution is -0.549. The second-order valence-corrected chi connectivity index (χ2v) is 3.08. The maximum Gasteiger partial charge on any atom is 0.332 e. The van der Waals surface area contributed by atoms with Gasteiger partial charge in [-0.1, -0.05) is 0 Å². The molecule has 6 N–H and O–H groups in total. The zero-order valence-corrected chi connectivity index (χ0v) is 8.63. The number of carbonyl (C=O) groups is 1. The summed E-state index contributed by atoms with van der Waals surface area (Å²) in [6, 6.07) is -1.19. The third-order valence-corrected chi connectivity index (χ3v) is 1.75. The Morgan fingerprint density at radius 3 is 2.56 bits per heavy atom. The number of rotatable bonds is 8. The molecule has 0 saturated heterocycles. The summed E-state index contributed by atoms with van der Waals surface area (Å²) in [4.78, 5) is 24.3. The van der Waals surface area contributed by atoms with E-state index in [-0.39, 0.29) is 12.4 Å². The van der Waals surface area contributed by atoms with Gasteiger partial charge in [0.1, 0.15) is 0 Å². The largest absolute Gasteiger partial charge is 0.480 e. The van der Waals surface area contributed by atoms with E-state index in [1.165, 1.54) is 0 Å². The number of carboxylic acid groups (broad SMARTS) is 1. The number of nitrogens with zero attached hydrogens (tertiary/aromatic N) is 2. The highest BCUT2D eigenvalue weighted by Gasteiger charge is 2.20. The van der Waals surface area contributed by atoms with Crippen LogP contribution in [0.4, 0.5) is 0 Å². The van der Waals surface area contributed by atoms with E-state index in [1.807, 2.05) is 0 Å². The van der Waals surface area contributed by atoms with Crippen LogP contribution in [0.25, 0.3) is 0 Å². The van der Waals surface area contributed by atoms with Gasteiger partial charge in [0, 0.05) is 6.54 Å². The molecule has 0 aromatic rings. The van der Waals surface area contributed by atoms with Crippen molar-refractivity contribution in [1.29, 1.82) is 0 Å². The van der Waals surface area contributed by atoms with Gasteiger partial charge in [0.2, 0.25) is 0 Å². The van der Waals surface area contributed by atoms with E-state index in [2.05, 4.69) is 4.99 Å². The van der Waals surface area contributed by atoms with Crippen molar-refractivity contribution in [3.63, 3.8) is 0 Å². The Morgan fingerprint density at radius 1 is 1.50 bits per heavy atom. The van der Waals surface area contributed by atoms with Crippen molar-refractivity contribution in [2.75, 3.05) is 6.54 Å². The van der Waals surface area contributed by atoms with Crippen molar-refractivity contribution >= 4 is 11.9 Å². The van der Waals surface area contributed by atoms with E-state index in [4.69, 9.17) is 16.6 Å². The number of aliphatic imine (C=N–C) groups is 1. The maximum atomic E-state index is 10.6. The van der Waals surface area contributed by atoms with Crippen molar-refractivity contribution in [1.82, 2.24) is 5.43 Å². The van der Waals surface area contributed by atoms with Gasteiger partial charge in [-0.2, -0.15) is 0 Å². The van der Waals surface area contributed by atoms with Crippen molar-refractivity contribution in [3.05, 3.63) is 10.1 Å². The maximum absolute atomic E-state index is 10.6. The minimum Gasteiger partial charge on any atom is -0.480 e. The summed E-state index contributed by atoms with van der Waals surface area (Å²) in [5.41, 5.74) is 11.9. The Kier molecular flexibility index (Phi) is 6.33. The Labute approximate surface area is 91.6 Å². The van der Waals surface area contributed by atoms with Crippen LogP contribution >= 0.6 is 0 Å². The predicted octanol–water partition coefficient (Wildman–Crippen LogP) is -1.34. The van der Waals surface area contributed by atoms with Gasteiger partial charge in [0.05, 0.1) is 0 Å². The third kappa shape index (κ3) is 7.35. The van der Waals surface area contributed by atoms with Crippen LogP contribution in [0.1, 0.15) is 19.3 Å². The number of hydrogen-bond acceptors (Lipinski definition) is 4. The van der Waals surface area contributed by atoms with Gasteiger partial charge in [-0.3, -0.25) is 4.99 Å². The number of aliphatic carboxylic acids is 1. The molecule has 0 spiro atoms. The van der Waals surface area contributed by atoms with E-state index in [9.17, 15) is 14.9 Å². The zero-order chi connectivity index (χ0) is 12.6. The number of nitro groups is 1. The van der Waals surface area contributed by atoms with Crippen molar-refractivity contribution < 1.29 is 14.9 Å². The second-order valence-electron chi connectivity index (χ2n) is 3.08. The van der Waals surface area contributed by atoms with E-state index in [0.717, 1.165) is 0 Å². The summed E-state index contributed by atoms with van der Waals surface area (Å²) in [6.45, 7) is 0.382. The molecule has 9 heteroatoms. The summed E-state index contributed by atoms with van der Waals surface area (Å²) < 4.78 is 0. The van der Waals surface area contributed by atoms with Crippen LogP contribution in [0.15, 0.2) is 4.99 Å². The number of hydrazine groups is 1. The van der Waals surface area contributed by atoms with Crippen molar-refractivity contribution in [3.8, 4) is 0 Å². The molecule has 9 nitrogen and oxygen atoms in total. The summed E-state index contributed by atoms with van der Waals surface area (Å²) in [5, 5.41) is 17.8. The number of nitrogens with one attached hydrogen (secondary N) is 1. The van der Waals surface area contributed by atoms with Crippen molar-refractivity contribution in [2.45, 2.75) is 25.3 Å². The number of carboxylic acids is 1. The van der Waals surface area contributed by atoms with Gasteiger partial charge in [0.25, 0.3) is 0 Å². The minimum absolute atomic E-state index is 0.0294. The monoisotopic (exact) mass is 233 g/mol. The normalized spacial score (nSPS) is 11.5. The average molecular weight is 233 g/mol. The van der Waals surface area contributed by atoms with Crippen LogP contribution in [-0.4, -0.2) is 34.7 Å². The van der Waals surface area contributed by atoms with Gasteiger partial charge in [0.15, 0.2) is 17.0 Å². The number of nitrogens with two attached hydrogens (primary N) is 2. The van der Waals surface area contributed by atoms with E-state index >= 15 is 0 Å². The van der Waals surface area contributed by atoms with Gasteiger partial charge in [-0.05, 0) is 19.3 Å². The van der Waals surface area contributed by atoms with Gasteiger partial charge >= 0.3 is 5.97 Å². The lowest BCUT2D eigenvalue weighted by atomic mass is 10.1. The molecule has 0 radical (unpaired) electrons. The quantitative estimate of drug-likeness (QED) is 0.133. The van der Waals surface area contributed by atoms with E-state index in [0.29, 0.717) is 19.4 Å². The van der Waals surface area contributed by atoms with Crippen LogP contribution in [0, 0.1) is 10.1 Å². The zero-order valence-electron chi connectivity index (χ0n) is 8.63. The molecule has 0 rings (SSSR count). The smallest absolute Gasteiger partial charge is 0.332 e. The van der Waals surface area contributed by atoms with Crippen LogP contribution in [-0.2, 0) is 4.79 Å². The van der Waals surface area contributed by atoms with Crippen LogP contribution < -0.4 is 16.9 Å². The standard InChI is InChI=1S/C7H15N5O4/c8-7(9)10-4-2-1-3-5(6(13)14)11-12(15)16/h5,11H,1-4H2,(H,13,14)(H4,8,9,10). The number of hydrogen-bond donors (Lipinski definition) is 4. The molecular weight excluding hydrogens is 218 g/mol. The molecule has 16 heavy (non-hydrogen) atoms. The van der Waals surface area contributed by atoms with Crippen LogP contribution in [0.2, 0.25) is 0 Å². The second kappa shape index (κ2) is 7.26. The first-order valence-corrected chi connectivity index (χ1v) is 4.62. The topological polar surface area (TPSA) is 157 Å². The molecule has 1 unspecified atom stereocenters. The summed E-state index contributed by atoms with van der Waals surface area (Å²) in [5.74, 6) is -1.28. The highest BCUT2D eigenvalue weighted by molar-refractivity contribution is 5.75. The summed E-state index contributed by atoms with van der Waals surface area (Å²) in [7, 11) is 0. The molecule has 0 aromatic heterocycles. The Morgan fingerprint density at radius 2 is 2.12 bits per heavy atom. The molecule has 0 saturated carbocycles. The molecule has 0 heterocycles. The lowest BCUT2D eigenvalue weighted by Crippen LogP contribution is -2.40. The number of guanidine groups is 1. The van der Waals surface area contributed by atoms with E-state index in [1.54, 1.807) is 5.43 Å². The van der Waals surface area contributed by atoms with Crippen LogP contribution in [0.3, 0.4) is 0 Å². The molecule has 0 aliphatic heterocycles. The van der Waals surface area contributed by atoms with Gasteiger partial charge in [-0.25, -0.2) is 14.9 Å². The Bertz CT molecular complexity index is 276. The molecule has 0 amide bonds. The molecule has 0 aromatic carbocycles. The first kappa shape index (κ1) is 13.9. The molecule has 0 aliphatic carbocycles. The lowest BCUT2D eigenvalue weighted by Gasteiger charge is -2.07. The first-order valence-electron chi connectivity index (χ1n) is 4.62. The number of unbranched alkanes of at least 4 members (excludes halogenated alkanes) is 1. The average Bonchev–Trinajstić information content (AvgIpc) is 2.14. The minimum atomic E-state index is -1.25. The van der Waals surface area contributed by atoms with E-state index < -0.39 is 17.0 Å². The van der Waals surface area contributed by atoms with Gasteiger partial charge < -0.3 is 16.6 Å². The first-order chi connectivity index (χ1) is 7.43. The molecule has 0 bridgehead atoms. The fraction of sp³-hybridized carbons (Fsp3) is 0.714. The highest BCUT2D eigenvalue weighted by atomic mass is 16.7. The summed E-state index contributed by atoms with van der Waals surface area (Å²) in [6.07, 6.45) is 1.20. The Hall–Kier alpha value is -2.06. The highest BCUT2D eigenvalue weighted by Crippen LogP contribution is 2.01.